The number of carbonyl (C=O) groups excluding carboxylic acids is 1. The van der Waals surface area contributed by atoms with Crippen LogP contribution in [-0.2, 0) is 11.8 Å². The molecule has 1 fully saturated rings. The summed E-state index contributed by atoms with van der Waals surface area (Å²) < 4.78 is 7.81. The van der Waals surface area contributed by atoms with Crippen LogP contribution in [0.5, 0.6) is 0 Å². The lowest BCUT2D eigenvalue weighted by Gasteiger charge is -2.33. The summed E-state index contributed by atoms with van der Waals surface area (Å²) in [7, 11) is 1.59. The van der Waals surface area contributed by atoms with Gasteiger partial charge in [-0.2, -0.15) is 0 Å². The Morgan fingerprint density at radius 2 is 1.94 bits per heavy atom. The van der Waals surface area contributed by atoms with E-state index in [1.807, 2.05) is 43.0 Å². The molecule has 4 rings (SSSR count). The second-order valence-electron chi connectivity index (χ2n) is 8.42. The number of ether oxygens (including phenoxy) is 1. The van der Waals surface area contributed by atoms with Crippen molar-refractivity contribution in [2.45, 2.75) is 32.7 Å². The van der Waals surface area contributed by atoms with E-state index in [1.54, 1.807) is 24.1 Å². The summed E-state index contributed by atoms with van der Waals surface area (Å²) in [6.07, 6.45) is 2.08. The molecule has 2 N–H and O–H groups in total. The number of fused-ring (bicyclic) bond motifs is 1. The van der Waals surface area contributed by atoms with Gasteiger partial charge in [0.25, 0.3) is 5.56 Å². The highest BCUT2D eigenvalue weighted by Crippen LogP contribution is 2.37. The van der Waals surface area contributed by atoms with Gasteiger partial charge in [0.1, 0.15) is 11.5 Å². The molecule has 32 heavy (non-hydrogen) atoms. The van der Waals surface area contributed by atoms with E-state index >= 15 is 0 Å². The van der Waals surface area contributed by atoms with Crippen molar-refractivity contribution in [2.75, 3.05) is 36.0 Å². The number of allylic oxidation sites excluding steroid dienone is 1. The van der Waals surface area contributed by atoms with Gasteiger partial charge in [-0.3, -0.25) is 19.1 Å². The summed E-state index contributed by atoms with van der Waals surface area (Å²) in [4.78, 5) is 44.4. The number of carbonyl (C=O) groups is 1. The minimum atomic E-state index is -0.688. The molecule has 0 amide bonds. The number of benzene rings is 1. The minimum absolute atomic E-state index is 0.0239. The highest BCUT2D eigenvalue weighted by molar-refractivity contribution is 6.00. The standard InChI is InChI=1S/C23H29N5O4/c1-15(2)10-12-27-19-20(30)25-22(31)26(3)21(19)28(23(27)32-17-9-11-24-13-17)14-18(29)16-7-5-4-6-8-16/h4-8,10,17,23-24H,9,11-14H2,1-3H3,(H,25,30,31)/t17?,23-/m0/s1. The van der Waals surface area contributed by atoms with Gasteiger partial charge in [0, 0.05) is 25.7 Å². The van der Waals surface area contributed by atoms with Crippen molar-refractivity contribution in [3.8, 4) is 0 Å². The number of H-pyrrole nitrogens is 1. The molecule has 1 aromatic carbocycles. The van der Waals surface area contributed by atoms with Gasteiger partial charge >= 0.3 is 5.69 Å². The van der Waals surface area contributed by atoms with Crippen LogP contribution in [0.25, 0.3) is 0 Å². The molecule has 2 aliphatic heterocycles. The highest BCUT2D eigenvalue weighted by atomic mass is 16.5. The molecule has 0 saturated carbocycles. The van der Waals surface area contributed by atoms with Crippen LogP contribution in [0.2, 0.25) is 0 Å². The lowest BCUT2D eigenvalue weighted by Crippen LogP contribution is -2.50. The topological polar surface area (TPSA) is 99.7 Å². The number of rotatable bonds is 7. The molecule has 0 spiro atoms. The van der Waals surface area contributed by atoms with Crippen molar-refractivity contribution in [3.05, 3.63) is 68.4 Å². The van der Waals surface area contributed by atoms with Crippen molar-refractivity contribution < 1.29 is 9.53 Å². The predicted octanol–water partition coefficient (Wildman–Crippen LogP) is 1.21. The molecule has 2 atom stereocenters. The Bertz CT molecular complexity index is 1130. The number of nitrogens with zero attached hydrogens (tertiary/aromatic N) is 3. The monoisotopic (exact) mass is 439 g/mol. The fourth-order valence-electron chi connectivity index (χ4n) is 4.12. The molecule has 1 aromatic heterocycles. The first-order valence-electron chi connectivity index (χ1n) is 10.8. The molecule has 0 aliphatic carbocycles. The van der Waals surface area contributed by atoms with E-state index in [0.717, 1.165) is 18.5 Å². The number of hydrogen-bond donors (Lipinski definition) is 2. The molecular formula is C23H29N5O4. The van der Waals surface area contributed by atoms with Crippen molar-refractivity contribution >= 4 is 17.3 Å². The third-order valence-electron chi connectivity index (χ3n) is 5.80. The fourth-order valence-corrected chi connectivity index (χ4v) is 4.12. The Labute approximate surface area is 186 Å². The van der Waals surface area contributed by atoms with Gasteiger partial charge in [-0.05, 0) is 26.8 Å². The number of Topliss-reactive ketones (excluding diaryl/α,β-unsaturated/α-hetero) is 1. The molecule has 2 aliphatic rings. The van der Waals surface area contributed by atoms with Crippen LogP contribution in [0.3, 0.4) is 0 Å². The maximum Gasteiger partial charge on any atom is 0.329 e. The normalized spacial score (nSPS) is 19.8. The number of hydrogen-bond acceptors (Lipinski definition) is 7. The summed E-state index contributed by atoms with van der Waals surface area (Å²) in [5, 5.41) is 3.28. The van der Waals surface area contributed by atoms with Crippen LogP contribution in [0.15, 0.2) is 51.6 Å². The van der Waals surface area contributed by atoms with Crippen molar-refractivity contribution in [3.63, 3.8) is 0 Å². The predicted molar refractivity (Wildman–Crippen MR) is 123 cm³/mol. The zero-order valence-corrected chi connectivity index (χ0v) is 18.6. The molecular weight excluding hydrogens is 410 g/mol. The summed E-state index contributed by atoms with van der Waals surface area (Å²) in [5.41, 5.74) is 0.969. The number of nitrogens with one attached hydrogen (secondary N) is 2. The molecule has 3 heterocycles. The molecule has 0 radical (unpaired) electrons. The van der Waals surface area contributed by atoms with Crippen molar-refractivity contribution in [1.82, 2.24) is 14.9 Å². The molecule has 0 bridgehead atoms. The molecule has 1 unspecified atom stereocenters. The summed E-state index contributed by atoms with van der Waals surface area (Å²) in [5.74, 6) is 0.271. The maximum atomic E-state index is 13.1. The maximum absolute atomic E-state index is 13.1. The molecule has 170 valence electrons. The fraction of sp³-hybridized carbons (Fsp3) is 0.435. The van der Waals surface area contributed by atoms with E-state index < -0.39 is 17.6 Å². The Kier molecular flexibility index (Phi) is 6.29. The summed E-state index contributed by atoms with van der Waals surface area (Å²) in [6, 6.07) is 8.99. The first kappa shape index (κ1) is 22.0. The second-order valence-corrected chi connectivity index (χ2v) is 8.42. The van der Waals surface area contributed by atoms with Gasteiger partial charge in [-0.15, -0.1) is 0 Å². The SMILES string of the molecule is CC(C)=CCN1c2c(n(C)c(=O)[nH]c2=O)N(CC(=O)c2ccccc2)[C@H]1OC1CCNC1. The van der Waals surface area contributed by atoms with Gasteiger partial charge in [0.15, 0.2) is 5.78 Å². The Hall–Kier alpha value is -3.17. The lowest BCUT2D eigenvalue weighted by atomic mass is 10.1. The quantitative estimate of drug-likeness (QED) is 0.494. The van der Waals surface area contributed by atoms with Gasteiger partial charge in [0.05, 0.1) is 12.6 Å². The summed E-state index contributed by atoms with van der Waals surface area (Å²) >= 11 is 0. The van der Waals surface area contributed by atoms with E-state index in [2.05, 4.69) is 10.3 Å². The first-order valence-corrected chi connectivity index (χ1v) is 10.8. The van der Waals surface area contributed by atoms with Crippen LogP contribution < -0.4 is 26.4 Å². The van der Waals surface area contributed by atoms with Crippen LogP contribution in [0, 0.1) is 0 Å². The zero-order chi connectivity index (χ0) is 22.8. The van der Waals surface area contributed by atoms with Gasteiger partial charge in [-0.1, -0.05) is 42.0 Å². The number of aromatic amines is 1. The van der Waals surface area contributed by atoms with Crippen molar-refractivity contribution in [2.24, 2.45) is 7.05 Å². The second kappa shape index (κ2) is 9.13. The van der Waals surface area contributed by atoms with Gasteiger partial charge in [0.2, 0.25) is 6.35 Å². The Morgan fingerprint density at radius 1 is 1.19 bits per heavy atom. The molecule has 9 nitrogen and oxygen atoms in total. The summed E-state index contributed by atoms with van der Waals surface area (Å²) in [6.45, 7) is 5.89. The van der Waals surface area contributed by atoms with Gasteiger partial charge in [-0.25, -0.2) is 4.79 Å². The Morgan fingerprint density at radius 3 is 2.59 bits per heavy atom. The first-order chi connectivity index (χ1) is 15.4. The van der Waals surface area contributed by atoms with E-state index in [4.69, 9.17) is 4.74 Å². The zero-order valence-electron chi connectivity index (χ0n) is 18.6. The van der Waals surface area contributed by atoms with Crippen molar-refractivity contribution in [1.29, 1.82) is 0 Å². The minimum Gasteiger partial charge on any atom is -0.336 e. The lowest BCUT2D eigenvalue weighted by molar-refractivity contribution is 0.000920. The smallest absolute Gasteiger partial charge is 0.329 e. The third-order valence-corrected chi connectivity index (χ3v) is 5.80. The average Bonchev–Trinajstić information content (AvgIpc) is 3.38. The van der Waals surface area contributed by atoms with Crippen LogP contribution in [0.4, 0.5) is 11.5 Å². The highest BCUT2D eigenvalue weighted by Gasteiger charge is 2.43. The van der Waals surface area contributed by atoms with E-state index in [-0.39, 0.29) is 18.4 Å². The molecule has 2 aromatic rings. The third kappa shape index (κ3) is 4.26. The number of anilines is 2. The van der Waals surface area contributed by atoms with Crippen LogP contribution in [0.1, 0.15) is 30.6 Å². The largest absolute Gasteiger partial charge is 0.336 e. The van der Waals surface area contributed by atoms with E-state index in [0.29, 0.717) is 30.2 Å². The Balaban J connectivity index is 1.80. The molecule has 9 heteroatoms. The molecule has 1 saturated heterocycles. The van der Waals surface area contributed by atoms with Crippen LogP contribution >= 0.6 is 0 Å². The average molecular weight is 440 g/mol. The van der Waals surface area contributed by atoms with E-state index in [1.165, 1.54) is 4.57 Å². The number of aromatic nitrogens is 2. The van der Waals surface area contributed by atoms with E-state index in [9.17, 15) is 14.4 Å². The number of ketones is 1. The van der Waals surface area contributed by atoms with Gasteiger partial charge < -0.3 is 19.9 Å². The van der Waals surface area contributed by atoms with Crippen LogP contribution in [-0.4, -0.2) is 54.0 Å².